The second kappa shape index (κ2) is 16.5. The van der Waals surface area contributed by atoms with Crippen molar-refractivity contribution < 1.29 is 14.2 Å². The highest BCUT2D eigenvalue weighted by atomic mass is 16.5. The molecule has 1 aliphatic carbocycles. The van der Waals surface area contributed by atoms with E-state index in [1.165, 1.54) is 0 Å². The summed E-state index contributed by atoms with van der Waals surface area (Å²) in [5, 5.41) is 0. The van der Waals surface area contributed by atoms with Gasteiger partial charge in [-0.2, -0.15) is 0 Å². The fraction of sp³-hybridized carbons (Fsp3) is 0.643. The van der Waals surface area contributed by atoms with Crippen molar-refractivity contribution in [1.82, 2.24) is 9.80 Å². The summed E-state index contributed by atoms with van der Waals surface area (Å²) in [4.78, 5) is 13.9. The predicted molar refractivity (Wildman–Crippen MR) is 150 cm³/mol. The van der Waals surface area contributed by atoms with E-state index in [0.29, 0.717) is 45.4 Å². The van der Waals surface area contributed by atoms with Gasteiger partial charge >= 0.3 is 0 Å². The van der Waals surface area contributed by atoms with Crippen LogP contribution in [0, 0.1) is 0 Å². The van der Waals surface area contributed by atoms with E-state index in [9.17, 15) is 0 Å². The topological polar surface area (TPSA) is 84.9 Å². The van der Waals surface area contributed by atoms with Gasteiger partial charge in [0.1, 0.15) is 17.8 Å². The van der Waals surface area contributed by atoms with E-state index in [4.69, 9.17) is 24.9 Å². The van der Waals surface area contributed by atoms with Crippen molar-refractivity contribution in [3.05, 3.63) is 47.2 Å². The average Bonchev–Trinajstić information content (AvgIpc) is 3.02. The fourth-order valence-corrected chi connectivity index (χ4v) is 4.29. The molecule has 1 heterocycles. The first kappa shape index (κ1) is 30.0. The lowest BCUT2D eigenvalue weighted by Crippen LogP contribution is -2.35. The van der Waals surface area contributed by atoms with Crippen LogP contribution < -0.4 is 5.73 Å². The molecule has 202 valence electrons. The summed E-state index contributed by atoms with van der Waals surface area (Å²) in [7, 11) is 3.77. The Morgan fingerprint density at radius 1 is 1.14 bits per heavy atom. The highest BCUT2D eigenvalue weighted by Gasteiger charge is 2.25. The molecule has 0 aromatic heterocycles. The molecule has 0 aromatic carbocycles. The molecule has 0 fully saturated rings. The third kappa shape index (κ3) is 9.65. The lowest BCUT2D eigenvalue weighted by molar-refractivity contribution is 0.0721. The Bertz CT molecular complexity index is 859. The van der Waals surface area contributed by atoms with E-state index < -0.39 is 0 Å². The number of hydrogen-bond acceptors (Lipinski definition) is 8. The molecule has 2 rings (SSSR count). The van der Waals surface area contributed by atoms with Gasteiger partial charge in [0.15, 0.2) is 0 Å². The van der Waals surface area contributed by atoms with Crippen molar-refractivity contribution in [2.45, 2.75) is 46.1 Å². The van der Waals surface area contributed by atoms with Crippen molar-refractivity contribution >= 4 is 11.7 Å². The van der Waals surface area contributed by atoms with E-state index in [-0.39, 0.29) is 6.10 Å². The summed E-state index contributed by atoms with van der Waals surface area (Å²) in [5.41, 5.74) is 10.3. The number of allylic oxidation sites excluding steroid dienone is 2. The van der Waals surface area contributed by atoms with Gasteiger partial charge in [0, 0.05) is 58.2 Å². The predicted octanol–water partition coefficient (Wildman–Crippen LogP) is 3.57. The Hall–Kier alpha value is -2.26. The second-order valence-electron chi connectivity index (χ2n) is 9.16. The molecule has 8 nitrogen and oxygen atoms in total. The molecule has 0 bridgehead atoms. The summed E-state index contributed by atoms with van der Waals surface area (Å²) < 4.78 is 17.3. The number of likely N-dealkylation sites (N-methyl/N-ethyl adjacent to an activating group) is 1. The standard InChI is InChI=1S/C28H47N5O3/c1-7-13-33(14-17-34-6)15-18-36-25-12-11-22(3)19-24-20-30-26(29)21-31-27(10-9-16-35-8-2)32(5)23(4)28(24)25/h11-12,19,25H,4,7-10,13-18,20-21H2,1-3,5-6H3,(H2,29,30). The van der Waals surface area contributed by atoms with Gasteiger partial charge in [-0.3, -0.25) is 14.9 Å². The summed E-state index contributed by atoms with van der Waals surface area (Å²) in [6, 6.07) is 0. The Morgan fingerprint density at radius 2 is 1.92 bits per heavy atom. The maximum atomic E-state index is 6.51. The monoisotopic (exact) mass is 501 g/mol. The van der Waals surface area contributed by atoms with Gasteiger partial charge in [0.05, 0.1) is 26.3 Å². The van der Waals surface area contributed by atoms with Crippen LogP contribution in [0.25, 0.3) is 0 Å². The van der Waals surface area contributed by atoms with Gasteiger partial charge in [0.2, 0.25) is 0 Å². The zero-order valence-corrected chi connectivity index (χ0v) is 23.1. The molecule has 0 saturated heterocycles. The van der Waals surface area contributed by atoms with Crippen LogP contribution in [0.1, 0.15) is 40.0 Å². The van der Waals surface area contributed by atoms with Crippen LogP contribution in [0.3, 0.4) is 0 Å². The minimum absolute atomic E-state index is 0.241. The quantitative estimate of drug-likeness (QED) is 0.366. The number of amidine groups is 2. The first-order valence-electron chi connectivity index (χ1n) is 13.2. The maximum Gasteiger partial charge on any atom is 0.116 e. The lowest BCUT2D eigenvalue weighted by atomic mass is 9.98. The van der Waals surface area contributed by atoms with Crippen molar-refractivity contribution in [2.75, 3.05) is 73.3 Å². The molecule has 0 spiro atoms. The molecular weight excluding hydrogens is 454 g/mol. The summed E-state index contributed by atoms with van der Waals surface area (Å²) in [6.45, 7) is 17.1. The number of aliphatic imine (C=N–C) groups is 2. The van der Waals surface area contributed by atoms with E-state index >= 15 is 0 Å². The summed E-state index contributed by atoms with van der Waals surface area (Å²) >= 11 is 0. The lowest BCUT2D eigenvalue weighted by Gasteiger charge is -2.31. The van der Waals surface area contributed by atoms with Crippen molar-refractivity contribution in [3.63, 3.8) is 0 Å². The molecule has 2 N–H and O–H groups in total. The Balaban J connectivity index is 2.29. The smallest absolute Gasteiger partial charge is 0.116 e. The van der Waals surface area contributed by atoms with Gasteiger partial charge in [0.25, 0.3) is 0 Å². The molecule has 0 saturated carbocycles. The Labute approximate surface area is 218 Å². The molecule has 8 heteroatoms. The summed E-state index contributed by atoms with van der Waals surface area (Å²) in [5.74, 6) is 1.45. The van der Waals surface area contributed by atoms with Gasteiger partial charge in [-0.15, -0.1) is 0 Å². The van der Waals surface area contributed by atoms with Crippen LogP contribution in [0.15, 0.2) is 57.2 Å². The summed E-state index contributed by atoms with van der Waals surface area (Å²) in [6.07, 6.45) is 8.91. The highest BCUT2D eigenvalue weighted by Crippen LogP contribution is 2.29. The Kier molecular flexibility index (Phi) is 13.7. The zero-order valence-electron chi connectivity index (χ0n) is 23.1. The van der Waals surface area contributed by atoms with Crippen LogP contribution in [0.4, 0.5) is 0 Å². The number of ether oxygens (including phenoxy) is 3. The SMILES string of the molecule is C=C1C2=C(C=C(C)C=CC2OCCN(CCC)CCOC)CN=C(N)CN=C(CCCOCC)N1C. The third-order valence-corrected chi connectivity index (χ3v) is 6.29. The highest BCUT2D eigenvalue weighted by molar-refractivity contribution is 5.89. The number of nitrogens with zero attached hydrogens (tertiary/aromatic N) is 4. The zero-order chi connectivity index (χ0) is 26.3. The fourth-order valence-electron chi connectivity index (χ4n) is 4.29. The third-order valence-electron chi connectivity index (χ3n) is 6.29. The first-order valence-corrected chi connectivity index (χ1v) is 13.2. The normalized spacial score (nSPS) is 19.2. The number of nitrogens with two attached hydrogens (primary N) is 1. The molecule has 1 atom stereocenters. The minimum atomic E-state index is -0.241. The van der Waals surface area contributed by atoms with Crippen molar-refractivity contribution in [2.24, 2.45) is 15.7 Å². The second-order valence-corrected chi connectivity index (χ2v) is 9.16. The van der Waals surface area contributed by atoms with Crippen LogP contribution in [-0.4, -0.2) is 101 Å². The van der Waals surface area contributed by atoms with E-state index in [1.54, 1.807) is 7.11 Å². The minimum Gasteiger partial charge on any atom is -0.386 e. The van der Waals surface area contributed by atoms with Crippen LogP contribution in [0.2, 0.25) is 0 Å². The number of methoxy groups -OCH3 is 1. The number of hydrogen-bond donors (Lipinski definition) is 1. The first-order chi connectivity index (χ1) is 17.4. The maximum absolute atomic E-state index is 6.51. The Morgan fingerprint density at radius 3 is 2.64 bits per heavy atom. The molecule has 1 unspecified atom stereocenters. The molecule has 0 aromatic rings. The molecule has 1 aliphatic heterocycles. The van der Waals surface area contributed by atoms with E-state index in [2.05, 4.69) is 53.4 Å². The van der Waals surface area contributed by atoms with Crippen molar-refractivity contribution in [3.8, 4) is 0 Å². The molecule has 36 heavy (non-hydrogen) atoms. The van der Waals surface area contributed by atoms with Crippen LogP contribution in [0.5, 0.6) is 0 Å². The largest absolute Gasteiger partial charge is 0.386 e. The molecule has 0 radical (unpaired) electrons. The molecule has 2 aliphatic rings. The van der Waals surface area contributed by atoms with Crippen molar-refractivity contribution in [1.29, 1.82) is 0 Å². The average molecular weight is 502 g/mol. The van der Waals surface area contributed by atoms with E-state index in [1.807, 2.05) is 14.0 Å². The van der Waals surface area contributed by atoms with Crippen LogP contribution >= 0.6 is 0 Å². The van der Waals surface area contributed by atoms with Gasteiger partial charge in [-0.25, -0.2) is 0 Å². The molecule has 0 amide bonds. The number of rotatable bonds is 14. The van der Waals surface area contributed by atoms with Gasteiger partial charge < -0.3 is 24.8 Å². The van der Waals surface area contributed by atoms with Crippen LogP contribution in [-0.2, 0) is 14.2 Å². The van der Waals surface area contributed by atoms with Gasteiger partial charge in [-0.05, 0) is 38.8 Å². The van der Waals surface area contributed by atoms with E-state index in [0.717, 1.165) is 67.1 Å². The molecular formula is C28H47N5O3. The van der Waals surface area contributed by atoms with Gasteiger partial charge in [-0.1, -0.05) is 37.3 Å².